The van der Waals surface area contributed by atoms with Crippen molar-refractivity contribution >= 4 is 17.3 Å². The Balaban J connectivity index is 2.77. The van der Waals surface area contributed by atoms with Gasteiger partial charge in [-0.15, -0.1) is 0 Å². The average Bonchev–Trinajstić information content (AvgIpc) is 2.63. The van der Waals surface area contributed by atoms with Crippen molar-refractivity contribution in [3.05, 3.63) is 81.3 Å². The summed E-state index contributed by atoms with van der Waals surface area (Å²) in [4.78, 5) is 25.7. The lowest BCUT2D eigenvalue weighted by Crippen LogP contribution is -2.50. The molecule has 0 unspecified atom stereocenters. The van der Waals surface area contributed by atoms with Gasteiger partial charge >= 0.3 is 5.69 Å². The van der Waals surface area contributed by atoms with Crippen molar-refractivity contribution in [1.29, 1.82) is 0 Å². The van der Waals surface area contributed by atoms with E-state index in [-0.39, 0.29) is 0 Å². The summed E-state index contributed by atoms with van der Waals surface area (Å²) in [5.41, 5.74) is 2.22. The van der Waals surface area contributed by atoms with Crippen molar-refractivity contribution in [2.24, 2.45) is 0 Å². The van der Waals surface area contributed by atoms with Gasteiger partial charge < -0.3 is 4.74 Å². The molecule has 0 aliphatic carbocycles. The van der Waals surface area contributed by atoms with Crippen LogP contribution in [0.5, 0.6) is 5.75 Å². The summed E-state index contributed by atoms with van der Waals surface area (Å²) in [7, 11) is 3.22. The van der Waals surface area contributed by atoms with Crippen LogP contribution in [0.3, 0.4) is 0 Å². The van der Waals surface area contributed by atoms with Crippen molar-refractivity contribution in [3.8, 4) is 5.75 Å². The van der Waals surface area contributed by atoms with E-state index in [1.54, 1.807) is 34.2 Å². The number of benzene rings is 1. The minimum absolute atomic E-state index is 0.353. The van der Waals surface area contributed by atoms with Crippen LogP contribution < -0.4 is 21.0 Å². The van der Waals surface area contributed by atoms with Crippen molar-refractivity contribution < 1.29 is 4.74 Å². The minimum Gasteiger partial charge on any atom is -0.496 e. The van der Waals surface area contributed by atoms with Crippen LogP contribution in [0, 0.1) is 0 Å². The maximum Gasteiger partial charge on any atom is 0.354 e. The standard InChI is InChI=1S/C21H25N3O3/c1-14(2)18-13-23(21(26)24(20(18)25)22(6)15(3)4)12-16(5)17-10-8-9-11-19(17)27-7/h8-13H,1,3H2,2,4-7H3/b16-12+. The molecule has 0 aliphatic rings. The SMILES string of the molecule is C=C(C)c1cn(/C=C(\C)c2ccccc2OC)c(=O)n(N(C)C(=C)C)c1=O. The molecule has 6 nitrogen and oxygen atoms in total. The highest BCUT2D eigenvalue weighted by Crippen LogP contribution is 2.25. The van der Waals surface area contributed by atoms with Crippen molar-refractivity contribution in [2.45, 2.75) is 20.8 Å². The van der Waals surface area contributed by atoms with Gasteiger partial charge in [0, 0.05) is 30.7 Å². The molecule has 0 spiro atoms. The molecular formula is C21H25N3O3. The van der Waals surface area contributed by atoms with Crippen LogP contribution in [-0.2, 0) is 0 Å². The van der Waals surface area contributed by atoms with Crippen molar-refractivity contribution in [1.82, 2.24) is 9.24 Å². The molecule has 0 aliphatic heterocycles. The number of rotatable bonds is 6. The Morgan fingerprint density at radius 3 is 2.30 bits per heavy atom. The third kappa shape index (κ3) is 3.95. The Hall–Kier alpha value is -3.28. The molecule has 0 atom stereocenters. The fraction of sp³-hybridized carbons (Fsp3) is 0.238. The molecule has 27 heavy (non-hydrogen) atoms. The molecule has 0 bridgehead atoms. The molecule has 1 aromatic heterocycles. The van der Waals surface area contributed by atoms with Gasteiger partial charge in [-0.3, -0.25) is 14.4 Å². The van der Waals surface area contributed by atoms with Gasteiger partial charge in [-0.25, -0.2) is 4.79 Å². The molecule has 1 heterocycles. The highest BCUT2D eigenvalue weighted by molar-refractivity contribution is 5.77. The van der Waals surface area contributed by atoms with Gasteiger partial charge in [0.15, 0.2) is 0 Å². The van der Waals surface area contributed by atoms with Crippen LogP contribution in [0.25, 0.3) is 17.3 Å². The van der Waals surface area contributed by atoms with E-state index in [0.717, 1.165) is 15.8 Å². The lowest BCUT2D eigenvalue weighted by molar-refractivity contribution is 0.413. The first-order valence-electron chi connectivity index (χ1n) is 8.44. The van der Waals surface area contributed by atoms with E-state index in [2.05, 4.69) is 13.2 Å². The maximum atomic E-state index is 13.0. The molecule has 2 aromatic rings. The first kappa shape index (κ1) is 20.0. The third-order valence-corrected chi connectivity index (χ3v) is 4.27. The lowest BCUT2D eigenvalue weighted by atomic mass is 10.1. The number of hydrogen-bond donors (Lipinski definition) is 0. The van der Waals surface area contributed by atoms with E-state index in [4.69, 9.17) is 4.74 Å². The highest BCUT2D eigenvalue weighted by atomic mass is 16.5. The topological polar surface area (TPSA) is 56.5 Å². The van der Waals surface area contributed by atoms with Crippen molar-refractivity contribution in [3.63, 3.8) is 0 Å². The summed E-state index contributed by atoms with van der Waals surface area (Å²) in [6.07, 6.45) is 3.18. The maximum absolute atomic E-state index is 13.0. The second-order valence-electron chi connectivity index (χ2n) is 6.40. The molecule has 142 valence electrons. The van der Waals surface area contributed by atoms with Gasteiger partial charge in [0.2, 0.25) is 0 Å². The summed E-state index contributed by atoms with van der Waals surface area (Å²) >= 11 is 0. The van der Waals surface area contributed by atoms with E-state index >= 15 is 0 Å². The van der Waals surface area contributed by atoms with Gasteiger partial charge in [0.05, 0.1) is 12.7 Å². The minimum atomic E-state index is -0.496. The Kier molecular flexibility index (Phi) is 5.90. The molecule has 0 saturated heterocycles. The molecule has 0 N–H and O–H groups in total. The van der Waals surface area contributed by atoms with E-state index in [0.29, 0.717) is 22.6 Å². The number of methoxy groups -OCH3 is 1. The second kappa shape index (κ2) is 7.95. The zero-order valence-electron chi connectivity index (χ0n) is 16.4. The number of nitrogens with zero attached hydrogens (tertiary/aromatic N) is 3. The van der Waals surface area contributed by atoms with E-state index < -0.39 is 11.2 Å². The molecule has 0 amide bonds. The van der Waals surface area contributed by atoms with Crippen LogP contribution in [0.4, 0.5) is 0 Å². The quantitative estimate of drug-likeness (QED) is 0.787. The van der Waals surface area contributed by atoms with E-state index in [9.17, 15) is 9.59 Å². The van der Waals surface area contributed by atoms with Gasteiger partial charge in [0.25, 0.3) is 5.56 Å². The summed E-state index contributed by atoms with van der Waals surface area (Å²) < 4.78 is 7.83. The van der Waals surface area contributed by atoms with Gasteiger partial charge in [0.1, 0.15) is 5.75 Å². The van der Waals surface area contributed by atoms with E-state index in [1.807, 2.05) is 31.2 Å². The summed E-state index contributed by atoms with van der Waals surface area (Å²) in [6.45, 7) is 13.0. The molecular weight excluding hydrogens is 342 g/mol. The predicted octanol–water partition coefficient (Wildman–Crippen LogP) is 3.17. The number of allylic oxidation sites excluding steroid dienone is 3. The Bertz CT molecular complexity index is 1040. The molecule has 0 fully saturated rings. The number of para-hydroxylation sites is 1. The molecule has 0 saturated carbocycles. The normalized spacial score (nSPS) is 11.2. The molecule has 2 rings (SSSR count). The number of ether oxygens (including phenoxy) is 1. The molecule has 6 heteroatoms. The predicted molar refractivity (Wildman–Crippen MR) is 111 cm³/mol. The first-order chi connectivity index (χ1) is 12.7. The van der Waals surface area contributed by atoms with Crippen LogP contribution in [0.1, 0.15) is 31.9 Å². The smallest absolute Gasteiger partial charge is 0.354 e. The van der Waals surface area contributed by atoms with Gasteiger partial charge in [-0.2, -0.15) is 4.68 Å². The van der Waals surface area contributed by atoms with Crippen LogP contribution in [-0.4, -0.2) is 23.4 Å². The monoisotopic (exact) mass is 367 g/mol. The fourth-order valence-corrected chi connectivity index (χ4v) is 2.63. The largest absolute Gasteiger partial charge is 0.496 e. The van der Waals surface area contributed by atoms with Gasteiger partial charge in [-0.05, 0) is 38.0 Å². The number of hydrogen-bond acceptors (Lipinski definition) is 4. The Morgan fingerprint density at radius 1 is 1.11 bits per heavy atom. The van der Waals surface area contributed by atoms with Crippen LogP contribution >= 0.6 is 0 Å². The Labute approximate surface area is 158 Å². The zero-order chi connectivity index (χ0) is 20.3. The summed E-state index contributed by atoms with van der Waals surface area (Å²) in [6, 6.07) is 7.53. The number of aromatic nitrogens is 2. The first-order valence-corrected chi connectivity index (χ1v) is 8.44. The molecule has 0 radical (unpaired) electrons. The molecule has 1 aromatic carbocycles. The van der Waals surface area contributed by atoms with Crippen LogP contribution in [0.2, 0.25) is 0 Å². The average molecular weight is 367 g/mol. The van der Waals surface area contributed by atoms with Crippen molar-refractivity contribution in [2.75, 3.05) is 19.2 Å². The second-order valence-corrected chi connectivity index (χ2v) is 6.40. The fourth-order valence-electron chi connectivity index (χ4n) is 2.63. The van der Waals surface area contributed by atoms with E-state index in [1.165, 1.54) is 15.8 Å². The van der Waals surface area contributed by atoms with Crippen LogP contribution in [0.15, 0.2) is 58.9 Å². The summed E-state index contributed by atoms with van der Waals surface area (Å²) in [5, 5.41) is 1.43. The third-order valence-electron chi connectivity index (χ3n) is 4.27. The van der Waals surface area contributed by atoms with Gasteiger partial charge in [-0.1, -0.05) is 31.4 Å². The zero-order valence-corrected chi connectivity index (χ0v) is 16.4. The highest BCUT2D eigenvalue weighted by Gasteiger charge is 2.15. The lowest BCUT2D eigenvalue weighted by Gasteiger charge is -2.22. The summed E-state index contributed by atoms with van der Waals surface area (Å²) in [5.74, 6) is 0.701. The Morgan fingerprint density at radius 2 is 1.74 bits per heavy atom.